The Labute approximate surface area is 137 Å². The third-order valence-electron chi connectivity index (χ3n) is 3.29. The molecule has 0 saturated heterocycles. The first-order valence-corrected chi connectivity index (χ1v) is 16.2. The number of rotatable bonds is 13. The summed E-state index contributed by atoms with van der Waals surface area (Å²) >= 11 is 0. The Balaban J connectivity index is 4.11. The Hall–Kier alpha value is 1.05. The lowest BCUT2D eigenvalue weighted by Gasteiger charge is -2.24. The first kappa shape index (κ1) is 21.1. The predicted molar refractivity (Wildman–Crippen MR) is 103 cm³/mol. The SMILES string of the molecule is CCOCCC(SSC(CCOCC)[SiH](C)C)[SiH](C)C. The summed E-state index contributed by atoms with van der Waals surface area (Å²) in [6, 6.07) is 0. The van der Waals surface area contributed by atoms with Crippen molar-refractivity contribution in [3.05, 3.63) is 0 Å². The van der Waals surface area contributed by atoms with Gasteiger partial charge in [-0.3, -0.25) is 0 Å². The van der Waals surface area contributed by atoms with Crippen LogP contribution in [0.1, 0.15) is 26.7 Å². The van der Waals surface area contributed by atoms with Crippen molar-refractivity contribution in [2.45, 2.75) is 62.6 Å². The van der Waals surface area contributed by atoms with Crippen LogP contribution in [0.2, 0.25) is 26.2 Å². The molecule has 0 aliphatic carbocycles. The summed E-state index contributed by atoms with van der Waals surface area (Å²) in [7, 11) is 3.09. The molecule has 0 N–H and O–H groups in total. The van der Waals surface area contributed by atoms with Gasteiger partial charge in [0.05, 0.1) is 0 Å². The van der Waals surface area contributed by atoms with Crippen LogP contribution in [0.4, 0.5) is 0 Å². The van der Waals surface area contributed by atoms with Crippen molar-refractivity contribution in [1.29, 1.82) is 0 Å². The summed E-state index contributed by atoms with van der Waals surface area (Å²) in [5, 5.41) is 0. The standard InChI is InChI=1S/C14H34O2S2Si2/c1-7-15-11-9-13(19(3)4)17-18-14(20(5)6)10-12-16-8-2/h13-14,19-20H,7-12H2,1-6H3. The largest absolute Gasteiger partial charge is 0.382 e. The molecule has 0 aliphatic rings. The Morgan fingerprint density at radius 3 is 1.35 bits per heavy atom. The predicted octanol–water partition coefficient (Wildman–Crippen LogP) is 4.01. The van der Waals surface area contributed by atoms with Gasteiger partial charge in [-0.05, 0) is 26.7 Å². The number of ether oxygens (including phenoxy) is 2. The number of hydrogen-bond donors (Lipinski definition) is 0. The molecule has 0 aromatic carbocycles. The highest BCUT2D eigenvalue weighted by molar-refractivity contribution is 8.77. The normalized spacial score (nSPS) is 15.0. The van der Waals surface area contributed by atoms with Crippen LogP contribution in [0.3, 0.4) is 0 Å². The topological polar surface area (TPSA) is 18.5 Å². The van der Waals surface area contributed by atoms with Crippen LogP contribution in [0.15, 0.2) is 0 Å². The lowest BCUT2D eigenvalue weighted by molar-refractivity contribution is 0.147. The second-order valence-corrected chi connectivity index (χ2v) is 16.0. The van der Waals surface area contributed by atoms with Crippen LogP contribution in [0, 0.1) is 0 Å². The highest BCUT2D eigenvalue weighted by Crippen LogP contribution is 2.36. The van der Waals surface area contributed by atoms with E-state index in [4.69, 9.17) is 9.47 Å². The molecule has 2 unspecified atom stereocenters. The van der Waals surface area contributed by atoms with Crippen molar-refractivity contribution < 1.29 is 9.47 Å². The van der Waals surface area contributed by atoms with E-state index in [2.05, 4.69) is 61.6 Å². The summed E-state index contributed by atoms with van der Waals surface area (Å²) in [5.41, 5.74) is 0. The lowest BCUT2D eigenvalue weighted by Crippen LogP contribution is -2.26. The van der Waals surface area contributed by atoms with Crippen LogP contribution in [-0.2, 0) is 9.47 Å². The van der Waals surface area contributed by atoms with Crippen LogP contribution in [-0.4, -0.2) is 53.8 Å². The minimum atomic E-state index is -0.605. The molecule has 0 aromatic rings. The van der Waals surface area contributed by atoms with Gasteiger partial charge < -0.3 is 9.47 Å². The van der Waals surface area contributed by atoms with Gasteiger partial charge in [-0.1, -0.05) is 47.8 Å². The minimum Gasteiger partial charge on any atom is -0.382 e. The Morgan fingerprint density at radius 2 is 1.10 bits per heavy atom. The van der Waals surface area contributed by atoms with Crippen LogP contribution < -0.4 is 0 Å². The fraction of sp³-hybridized carbons (Fsp3) is 1.00. The highest BCUT2D eigenvalue weighted by atomic mass is 33.1. The Morgan fingerprint density at radius 1 is 0.750 bits per heavy atom. The van der Waals surface area contributed by atoms with E-state index in [9.17, 15) is 0 Å². The summed E-state index contributed by atoms with van der Waals surface area (Å²) < 4.78 is 11.1. The minimum absolute atomic E-state index is 0.605. The summed E-state index contributed by atoms with van der Waals surface area (Å²) in [4.78, 5) is 1.68. The molecule has 0 rings (SSSR count). The highest BCUT2D eigenvalue weighted by Gasteiger charge is 2.21. The van der Waals surface area contributed by atoms with Gasteiger partial charge in [-0.2, -0.15) is 0 Å². The van der Waals surface area contributed by atoms with Gasteiger partial charge in [0.1, 0.15) is 0 Å². The molecule has 20 heavy (non-hydrogen) atoms. The van der Waals surface area contributed by atoms with E-state index in [0.29, 0.717) is 0 Å². The van der Waals surface area contributed by atoms with Gasteiger partial charge in [-0.15, -0.1) is 0 Å². The van der Waals surface area contributed by atoms with Crippen molar-refractivity contribution in [3.63, 3.8) is 0 Å². The van der Waals surface area contributed by atoms with E-state index >= 15 is 0 Å². The molecule has 0 saturated carbocycles. The molecule has 0 aromatic heterocycles. The zero-order chi connectivity index (χ0) is 15.4. The summed E-state index contributed by atoms with van der Waals surface area (Å²) in [6.45, 7) is 17.6. The molecule has 0 fully saturated rings. The maximum atomic E-state index is 5.54. The fourth-order valence-electron chi connectivity index (χ4n) is 1.82. The van der Waals surface area contributed by atoms with Gasteiger partial charge in [0.15, 0.2) is 0 Å². The first-order chi connectivity index (χ1) is 9.52. The average Bonchev–Trinajstić information content (AvgIpc) is 2.39. The molecule has 122 valence electrons. The Bertz CT molecular complexity index is 197. The van der Waals surface area contributed by atoms with E-state index in [1.165, 1.54) is 12.8 Å². The van der Waals surface area contributed by atoms with Crippen LogP contribution in [0.5, 0.6) is 0 Å². The van der Waals surface area contributed by atoms with E-state index < -0.39 is 17.6 Å². The van der Waals surface area contributed by atoms with E-state index in [1.807, 2.05) is 0 Å². The van der Waals surface area contributed by atoms with Crippen LogP contribution in [0.25, 0.3) is 0 Å². The maximum absolute atomic E-state index is 5.54. The van der Waals surface area contributed by atoms with Crippen molar-refractivity contribution in [2.24, 2.45) is 0 Å². The van der Waals surface area contributed by atoms with Gasteiger partial charge in [0.25, 0.3) is 0 Å². The fourth-order valence-corrected chi connectivity index (χ4v) is 12.5. The second kappa shape index (κ2) is 13.7. The molecule has 0 aliphatic heterocycles. The third-order valence-corrected chi connectivity index (χ3v) is 15.1. The second-order valence-electron chi connectivity index (χ2n) is 5.73. The quantitative estimate of drug-likeness (QED) is 0.282. The molecule has 2 atom stereocenters. The first-order valence-electron chi connectivity index (χ1n) is 8.00. The van der Waals surface area contributed by atoms with Crippen molar-refractivity contribution >= 4 is 39.2 Å². The smallest absolute Gasteiger partial charge is 0.0473 e. The van der Waals surface area contributed by atoms with Gasteiger partial charge >= 0.3 is 0 Å². The molecule has 2 nitrogen and oxygen atoms in total. The molecule has 0 heterocycles. The maximum Gasteiger partial charge on any atom is 0.0473 e. The molecular formula is C14H34O2S2Si2. The van der Waals surface area contributed by atoms with Crippen LogP contribution >= 0.6 is 21.6 Å². The molecule has 6 heteroatoms. The summed E-state index contributed by atoms with van der Waals surface area (Å²) in [5.74, 6) is 0. The van der Waals surface area contributed by atoms with Gasteiger partial charge in [0.2, 0.25) is 0 Å². The molecular weight excluding hydrogens is 320 g/mol. The molecule has 0 amide bonds. The van der Waals surface area contributed by atoms with E-state index in [-0.39, 0.29) is 0 Å². The number of hydrogen-bond acceptors (Lipinski definition) is 4. The zero-order valence-corrected chi connectivity index (χ0v) is 18.1. The van der Waals surface area contributed by atoms with E-state index in [1.54, 1.807) is 0 Å². The van der Waals surface area contributed by atoms with Crippen molar-refractivity contribution in [2.75, 3.05) is 26.4 Å². The Kier molecular flexibility index (Phi) is 14.4. The molecule has 0 bridgehead atoms. The molecule has 0 spiro atoms. The average molecular weight is 355 g/mol. The van der Waals surface area contributed by atoms with Crippen molar-refractivity contribution in [3.8, 4) is 0 Å². The third kappa shape index (κ3) is 10.7. The summed E-state index contributed by atoms with van der Waals surface area (Å²) in [6.07, 6.45) is 2.46. The van der Waals surface area contributed by atoms with E-state index in [0.717, 1.165) is 36.2 Å². The zero-order valence-electron chi connectivity index (χ0n) is 14.2. The van der Waals surface area contributed by atoms with Gasteiger partial charge in [-0.25, -0.2) is 0 Å². The van der Waals surface area contributed by atoms with Crippen molar-refractivity contribution in [1.82, 2.24) is 0 Å². The molecule has 0 radical (unpaired) electrons. The lowest BCUT2D eigenvalue weighted by atomic mass is 10.5. The van der Waals surface area contributed by atoms with Gasteiger partial charge in [0, 0.05) is 53.8 Å². The monoisotopic (exact) mass is 354 g/mol.